The number of carboxylic acids is 1. The molecule has 0 spiro atoms. The zero-order chi connectivity index (χ0) is 13.7. The molecular weight excluding hydrogens is 256 g/mol. The first kappa shape index (κ1) is 14.8. The predicted octanol–water partition coefficient (Wildman–Crippen LogP) is 2.77. The van der Waals surface area contributed by atoms with Crippen molar-refractivity contribution in [2.45, 2.75) is 32.5 Å². The maximum Gasteiger partial charge on any atom is 0.333 e. The van der Waals surface area contributed by atoms with Crippen LogP contribution in [0.5, 0.6) is 5.75 Å². The van der Waals surface area contributed by atoms with Crippen LogP contribution in [0.15, 0.2) is 18.2 Å². The van der Waals surface area contributed by atoms with Crippen molar-refractivity contribution >= 4 is 17.6 Å². The number of rotatable bonds is 6. The summed E-state index contributed by atoms with van der Waals surface area (Å²) in [6.07, 6.45) is -0.730. The summed E-state index contributed by atoms with van der Waals surface area (Å²) in [7, 11) is 1.53. The van der Waals surface area contributed by atoms with Crippen molar-refractivity contribution in [3.8, 4) is 5.75 Å². The minimum absolute atomic E-state index is 0.139. The number of halogens is 1. The van der Waals surface area contributed by atoms with Gasteiger partial charge in [0.25, 0.3) is 0 Å². The predicted molar refractivity (Wildman–Crippen MR) is 69.4 cm³/mol. The number of aliphatic carboxylic acids is 1. The van der Waals surface area contributed by atoms with Gasteiger partial charge in [0.2, 0.25) is 0 Å². The molecule has 0 radical (unpaired) electrons. The van der Waals surface area contributed by atoms with Crippen LogP contribution in [0, 0.1) is 0 Å². The summed E-state index contributed by atoms with van der Waals surface area (Å²) in [5.74, 6) is -0.410. The molecule has 1 aromatic rings. The minimum atomic E-state index is -0.976. The molecule has 18 heavy (non-hydrogen) atoms. The van der Waals surface area contributed by atoms with Gasteiger partial charge in [0.05, 0.1) is 18.2 Å². The molecule has 5 heteroatoms. The SMILES string of the molecule is COc1ccc(CC(OC(C)C)C(=O)O)cc1Cl. The first-order chi connectivity index (χ1) is 8.43. The average molecular weight is 273 g/mol. The van der Waals surface area contributed by atoms with Gasteiger partial charge in [-0.3, -0.25) is 0 Å². The first-order valence-corrected chi connectivity index (χ1v) is 6.02. The molecule has 1 unspecified atom stereocenters. The molecule has 100 valence electrons. The average Bonchev–Trinajstić information content (AvgIpc) is 2.27. The minimum Gasteiger partial charge on any atom is -0.495 e. The van der Waals surface area contributed by atoms with Crippen LogP contribution in [0.3, 0.4) is 0 Å². The Morgan fingerprint density at radius 2 is 2.11 bits per heavy atom. The molecule has 0 aromatic heterocycles. The van der Waals surface area contributed by atoms with Crippen LogP contribution >= 0.6 is 11.6 Å². The summed E-state index contributed by atoms with van der Waals surface area (Å²) >= 11 is 5.99. The highest BCUT2D eigenvalue weighted by atomic mass is 35.5. The lowest BCUT2D eigenvalue weighted by Crippen LogP contribution is -2.29. The maximum atomic E-state index is 11.1. The molecule has 0 bridgehead atoms. The number of ether oxygens (including phenoxy) is 2. The lowest BCUT2D eigenvalue weighted by Gasteiger charge is -2.16. The van der Waals surface area contributed by atoms with Crippen molar-refractivity contribution in [1.82, 2.24) is 0 Å². The van der Waals surface area contributed by atoms with Gasteiger partial charge in [-0.1, -0.05) is 17.7 Å². The van der Waals surface area contributed by atoms with Crippen molar-refractivity contribution in [2.75, 3.05) is 7.11 Å². The van der Waals surface area contributed by atoms with Crippen LogP contribution in [-0.2, 0) is 16.0 Å². The summed E-state index contributed by atoms with van der Waals surface area (Å²) < 4.78 is 10.4. The van der Waals surface area contributed by atoms with Crippen LogP contribution < -0.4 is 4.74 Å². The van der Waals surface area contributed by atoms with Gasteiger partial charge in [0, 0.05) is 6.42 Å². The van der Waals surface area contributed by atoms with Gasteiger partial charge in [0.15, 0.2) is 6.10 Å². The molecule has 1 aromatic carbocycles. The molecule has 0 saturated heterocycles. The quantitative estimate of drug-likeness (QED) is 0.865. The zero-order valence-electron chi connectivity index (χ0n) is 10.6. The Morgan fingerprint density at radius 3 is 2.56 bits per heavy atom. The molecule has 0 aliphatic rings. The largest absolute Gasteiger partial charge is 0.495 e. The fourth-order valence-electron chi connectivity index (χ4n) is 1.57. The molecule has 4 nitrogen and oxygen atoms in total. The number of benzene rings is 1. The van der Waals surface area contributed by atoms with E-state index in [1.807, 2.05) is 0 Å². The molecule has 0 fully saturated rings. The molecule has 0 amide bonds. The summed E-state index contributed by atoms with van der Waals surface area (Å²) in [6, 6.07) is 5.19. The Labute approximate surface area is 111 Å². The van der Waals surface area contributed by atoms with E-state index in [1.165, 1.54) is 7.11 Å². The van der Waals surface area contributed by atoms with E-state index in [2.05, 4.69) is 0 Å². The second-order valence-corrected chi connectivity index (χ2v) is 4.59. The van der Waals surface area contributed by atoms with Crippen molar-refractivity contribution in [3.05, 3.63) is 28.8 Å². The van der Waals surface area contributed by atoms with Crippen LogP contribution in [-0.4, -0.2) is 30.4 Å². The van der Waals surface area contributed by atoms with E-state index in [4.69, 9.17) is 26.2 Å². The Hall–Kier alpha value is -1.26. The highest BCUT2D eigenvalue weighted by Gasteiger charge is 2.20. The summed E-state index contributed by atoms with van der Waals surface area (Å²) in [6.45, 7) is 3.61. The third-order valence-corrected chi connectivity index (χ3v) is 2.64. The van der Waals surface area contributed by atoms with Gasteiger partial charge in [-0.05, 0) is 31.5 Å². The summed E-state index contributed by atoms with van der Waals surface area (Å²) in [5.41, 5.74) is 0.800. The first-order valence-electron chi connectivity index (χ1n) is 5.64. The molecule has 0 heterocycles. The topological polar surface area (TPSA) is 55.8 Å². The molecule has 1 rings (SSSR count). The van der Waals surface area contributed by atoms with E-state index in [1.54, 1.807) is 32.0 Å². The van der Waals surface area contributed by atoms with Gasteiger partial charge in [-0.2, -0.15) is 0 Å². The molecule has 0 aliphatic carbocycles. The highest BCUT2D eigenvalue weighted by molar-refractivity contribution is 6.32. The summed E-state index contributed by atoms with van der Waals surface area (Å²) in [5, 5.41) is 9.53. The van der Waals surface area contributed by atoms with Crippen molar-refractivity contribution in [1.29, 1.82) is 0 Å². The molecule has 1 atom stereocenters. The number of carbonyl (C=O) groups is 1. The van der Waals surface area contributed by atoms with Gasteiger partial charge in [-0.25, -0.2) is 4.79 Å². The fourth-order valence-corrected chi connectivity index (χ4v) is 1.85. The Balaban J connectivity index is 2.81. The monoisotopic (exact) mass is 272 g/mol. The van der Waals surface area contributed by atoms with E-state index < -0.39 is 12.1 Å². The van der Waals surface area contributed by atoms with Crippen molar-refractivity contribution < 1.29 is 19.4 Å². The number of hydrogen-bond donors (Lipinski definition) is 1. The van der Waals surface area contributed by atoms with Crippen LogP contribution in [0.2, 0.25) is 5.02 Å². The van der Waals surface area contributed by atoms with Crippen molar-refractivity contribution in [2.24, 2.45) is 0 Å². The Bertz CT molecular complexity index is 417. The lowest BCUT2D eigenvalue weighted by atomic mass is 10.1. The van der Waals surface area contributed by atoms with Gasteiger partial charge in [-0.15, -0.1) is 0 Å². The van der Waals surface area contributed by atoms with Gasteiger partial charge >= 0.3 is 5.97 Å². The summed E-state index contributed by atoms with van der Waals surface area (Å²) in [4.78, 5) is 11.1. The number of carboxylic acid groups (broad SMARTS) is 1. The fraction of sp³-hybridized carbons (Fsp3) is 0.462. The standard InChI is InChI=1S/C13H17ClO4/c1-8(2)18-12(13(15)16)7-9-4-5-11(17-3)10(14)6-9/h4-6,8,12H,7H2,1-3H3,(H,15,16). The highest BCUT2D eigenvalue weighted by Crippen LogP contribution is 2.25. The van der Waals surface area contributed by atoms with E-state index in [9.17, 15) is 4.79 Å². The number of hydrogen-bond acceptors (Lipinski definition) is 3. The van der Waals surface area contributed by atoms with Crippen LogP contribution in [0.4, 0.5) is 0 Å². The van der Waals surface area contributed by atoms with E-state index >= 15 is 0 Å². The van der Waals surface area contributed by atoms with E-state index in [0.29, 0.717) is 10.8 Å². The molecular formula is C13H17ClO4. The van der Waals surface area contributed by atoms with Gasteiger partial charge in [0.1, 0.15) is 5.75 Å². The van der Waals surface area contributed by atoms with E-state index in [0.717, 1.165) is 5.56 Å². The molecule has 0 saturated carbocycles. The zero-order valence-corrected chi connectivity index (χ0v) is 11.4. The second kappa shape index (κ2) is 6.61. The number of methoxy groups -OCH3 is 1. The third kappa shape index (κ3) is 4.20. The smallest absolute Gasteiger partial charge is 0.333 e. The third-order valence-electron chi connectivity index (χ3n) is 2.35. The maximum absolute atomic E-state index is 11.1. The van der Waals surface area contributed by atoms with Crippen LogP contribution in [0.25, 0.3) is 0 Å². The second-order valence-electron chi connectivity index (χ2n) is 4.18. The lowest BCUT2D eigenvalue weighted by molar-refractivity contribution is -0.153. The van der Waals surface area contributed by atoms with Crippen molar-refractivity contribution in [3.63, 3.8) is 0 Å². The van der Waals surface area contributed by atoms with E-state index in [-0.39, 0.29) is 12.5 Å². The normalized spacial score (nSPS) is 12.5. The Kier molecular flexibility index (Phi) is 5.44. The molecule has 1 N–H and O–H groups in total. The van der Waals surface area contributed by atoms with Crippen LogP contribution in [0.1, 0.15) is 19.4 Å². The Morgan fingerprint density at radius 1 is 1.44 bits per heavy atom. The molecule has 0 aliphatic heterocycles. The van der Waals surface area contributed by atoms with Gasteiger partial charge < -0.3 is 14.6 Å².